The molecule has 2 amide bonds. The summed E-state index contributed by atoms with van der Waals surface area (Å²) in [4.78, 5) is 18.8. The van der Waals surface area contributed by atoms with Gasteiger partial charge in [-0.05, 0) is 49.6 Å². The Morgan fingerprint density at radius 2 is 2.03 bits per heavy atom. The van der Waals surface area contributed by atoms with Crippen LogP contribution in [0.25, 0.3) is 11.1 Å². The number of oxazole rings is 1. The van der Waals surface area contributed by atoms with E-state index in [1.165, 1.54) is 19.1 Å². The number of likely N-dealkylation sites (tertiary alicyclic amines) is 1. The maximum absolute atomic E-state index is 13.1. The maximum Gasteiger partial charge on any atom is 0.416 e. The smallest absolute Gasteiger partial charge is 0.416 e. The molecule has 1 fully saturated rings. The van der Waals surface area contributed by atoms with Crippen LogP contribution in [0.1, 0.15) is 35.8 Å². The van der Waals surface area contributed by atoms with Crippen molar-refractivity contribution < 1.29 is 22.4 Å². The average Bonchev–Trinajstić information content (AvgIpc) is 3.13. The first-order chi connectivity index (χ1) is 13.8. The van der Waals surface area contributed by atoms with Crippen LogP contribution in [0.4, 0.5) is 23.7 Å². The zero-order chi connectivity index (χ0) is 20.6. The second kappa shape index (κ2) is 7.42. The minimum absolute atomic E-state index is 0.0503. The average molecular weight is 403 g/mol. The zero-order valence-corrected chi connectivity index (χ0v) is 15.8. The van der Waals surface area contributed by atoms with Gasteiger partial charge in [-0.25, -0.2) is 9.78 Å². The van der Waals surface area contributed by atoms with E-state index in [0.29, 0.717) is 24.6 Å². The zero-order valence-electron chi connectivity index (χ0n) is 15.8. The highest BCUT2D eigenvalue weighted by Crippen LogP contribution is 2.34. The highest BCUT2D eigenvalue weighted by Gasteiger charge is 2.33. The summed E-state index contributed by atoms with van der Waals surface area (Å²) in [5, 5.41) is 2.59. The number of amides is 2. The van der Waals surface area contributed by atoms with Gasteiger partial charge in [0.1, 0.15) is 5.52 Å². The summed E-state index contributed by atoms with van der Waals surface area (Å²) >= 11 is 0. The highest BCUT2D eigenvalue weighted by atomic mass is 19.4. The second-order valence-electron chi connectivity index (χ2n) is 7.26. The van der Waals surface area contributed by atoms with E-state index in [4.69, 9.17) is 4.42 Å². The molecule has 8 heteroatoms. The lowest BCUT2D eigenvalue weighted by atomic mass is 9.98. The number of urea groups is 1. The number of hydrogen-bond donors (Lipinski definition) is 1. The number of nitrogens with one attached hydrogen (secondary N) is 1. The van der Waals surface area contributed by atoms with E-state index in [0.717, 1.165) is 24.4 Å². The number of benzene rings is 2. The van der Waals surface area contributed by atoms with Crippen molar-refractivity contribution in [2.24, 2.45) is 0 Å². The van der Waals surface area contributed by atoms with E-state index >= 15 is 0 Å². The number of carbonyl (C=O) groups excluding carboxylic acids is 1. The van der Waals surface area contributed by atoms with Crippen molar-refractivity contribution >= 4 is 22.8 Å². The van der Waals surface area contributed by atoms with Crippen LogP contribution < -0.4 is 5.32 Å². The normalized spacial score (nSPS) is 17.5. The minimum Gasteiger partial charge on any atom is -0.440 e. The number of halogens is 3. The van der Waals surface area contributed by atoms with E-state index in [2.05, 4.69) is 10.3 Å². The van der Waals surface area contributed by atoms with Gasteiger partial charge in [-0.1, -0.05) is 18.2 Å². The fourth-order valence-corrected chi connectivity index (χ4v) is 3.64. The van der Waals surface area contributed by atoms with Crippen LogP contribution in [0.5, 0.6) is 0 Å². The number of aromatic nitrogens is 1. The summed E-state index contributed by atoms with van der Waals surface area (Å²) in [5.41, 5.74) is 0.950. The molecule has 4 rings (SSSR count). The second-order valence-corrected chi connectivity index (χ2v) is 7.26. The molecule has 1 saturated heterocycles. The lowest BCUT2D eigenvalue weighted by Crippen LogP contribution is -2.41. The van der Waals surface area contributed by atoms with Crippen LogP contribution in [0.15, 0.2) is 46.9 Å². The van der Waals surface area contributed by atoms with Crippen molar-refractivity contribution in [1.29, 1.82) is 0 Å². The molecule has 29 heavy (non-hydrogen) atoms. The predicted octanol–water partition coefficient (Wildman–Crippen LogP) is 5.57. The molecule has 5 nitrogen and oxygen atoms in total. The molecule has 2 aromatic carbocycles. The molecule has 152 valence electrons. The number of hydrogen-bond acceptors (Lipinski definition) is 3. The standard InChI is InChI=1S/C21H20F3N3O2/c1-13-8-9-15(11-16(13)21(22,23)24)25-20(28)27-10-4-5-14(12-27)19-26-17-6-2-3-7-18(17)29-19/h2-3,6-9,11,14H,4-5,10,12H2,1H3,(H,25,28). The summed E-state index contributed by atoms with van der Waals surface area (Å²) in [6.45, 7) is 2.32. The molecule has 0 saturated carbocycles. The van der Waals surface area contributed by atoms with Gasteiger partial charge in [0.15, 0.2) is 11.5 Å². The van der Waals surface area contributed by atoms with Crippen LogP contribution in [0.3, 0.4) is 0 Å². The van der Waals surface area contributed by atoms with Crippen molar-refractivity contribution in [3.05, 3.63) is 59.5 Å². The van der Waals surface area contributed by atoms with E-state index < -0.39 is 17.8 Å². The molecular formula is C21H20F3N3O2. The van der Waals surface area contributed by atoms with Crippen molar-refractivity contribution in [3.63, 3.8) is 0 Å². The summed E-state index contributed by atoms with van der Waals surface area (Å²) < 4.78 is 45.1. The Labute approximate surface area is 165 Å². The molecule has 0 bridgehead atoms. The number of rotatable bonds is 2. The maximum atomic E-state index is 13.1. The molecule has 1 unspecified atom stereocenters. The number of carbonyl (C=O) groups is 1. The van der Waals surface area contributed by atoms with Gasteiger partial charge >= 0.3 is 12.2 Å². The molecule has 1 aliphatic heterocycles. The Kier molecular flexibility index (Phi) is 4.94. The number of fused-ring (bicyclic) bond motifs is 1. The summed E-state index contributed by atoms with van der Waals surface area (Å²) in [6, 6.07) is 10.8. The quantitative estimate of drug-likeness (QED) is 0.609. The van der Waals surface area contributed by atoms with Crippen molar-refractivity contribution in [2.45, 2.75) is 31.9 Å². The lowest BCUT2D eigenvalue weighted by Gasteiger charge is -2.31. The van der Waals surface area contributed by atoms with Gasteiger partial charge < -0.3 is 14.6 Å². The van der Waals surface area contributed by atoms with Crippen molar-refractivity contribution in [1.82, 2.24) is 9.88 Å². The Bertz CT molecular complexity index is 1010. The van der Waals surface area contributed by atoms with Crippen LogP contribution in [-0.2, 0) is 6.18 Å². The molecule has 1 aliphatic rings. The first-order valence-corrected chi connectivity index (χ1v) is 9.40. The topological polar surface area (TPSA) is 58.4 Å². The monoisotopic (exact) mass is 403 g/mol. The number of nitrogens with zero attached hydrogens (tertiary/aromatic N) is 2. The Balaban J connectivity index is 1.48. The summed E-state index contributed by atoms with van der Waals surface area (Å²) in [6.07, 6.45) is -2.87. The van der Waals surface area contributed by atoms with Gasteiger partial charge in [-0.15, -0.1) is 0 Å². The fraction of sp³-hybridized carbons (Fsp3) is 0.333. The number of para-hydroxylation sites is 2. The molecule has 1 N–H and O–H groups in total. The lowest BCUT2D eigenvalue weighted by molar-refractivity contribution is -0.138. The molecule has 2 heterocycles. The number of piperidine rings is 1. The van der Waals surface area contributed by atoms with E-state index in [1.54, 1.807) is 4.90 Å². The largest absolute Gasteiger partial charge is 0.440 e. The highest BCUT2D eigenvalue weighted by molar-refractivity contribution is 5.89. The molecule has 0 spiro atoms. The van der Waals surface area contributed by atoms with Gasteiger partial charge in [0.2, 0.25) is 0 Å². The van der Waals surface area contributed by atoms with Crippen LogP contribution in [0.2, 0.25) is 0 Å². The van der Waals surface area contributed by atoms with Gasteiger partial charge in [-0.2, -0.15) is 13.2 Å². The minimum atomic E-state index is -4.46. The van der Waals surface area contributed by atoms with E-state index in [9.17, 15) is 18.0 Å². The Hall–Kier alpha value is -3.03. The van der Waals surface area contributed by atoms with Crippen molar-refractivity contribution in [2.75, 3.05) is 18.4 Å². The molecule has 0 radical (unpaired) electrons. The van der Waals surface area contributed by atoms with Gasteiger partial charge in [-0.3, -0.25) is 0 Å². The molecule has 0 aliphatic carbocycles. The third-order valence-corrected chi connectivity index (χ3v) is 5.16. The first kappa shape index (κ1) is 19.3. The molecule has 3 aromatic rings. The Morgan fingerprint density at radius 3 is 2.79 bits per heavy atom. The van der Waals surface area contributed by atoms with Crippen molar-refractivity contribution in [3.8, 4) is 0 Å². The predicted molar refractivity (Wildman–Crippen MR) is 103 cm³/mol. The molecule has 1 atom stereocenters. The van der Waals surface area contributed by atoms with Crippen LogP contribution >= 0.6 is 0 Å². The molecule has 1 aromatic heterocycles. The third-order valence-electron chi connectivity index (χ3n) is 5.16. The van der Waals surface area contributed by atoms with E-state index in [-0.39, 0.29) is 17.2 Å². The fourth-order valence-electron chi connectivity index (χ4n) is 3.64. The number of alkyl halides is 3. The first-order valence-electron chi connectivity index (χ1n) is 9.40. The number of aryl methyl sites for hydroxylation is 1. The summed E-state index contributed by atoms with van der Waals surface area (Å²) in [7, 11) is 0. The number of anilines is 1. The molecular weight excluding hydrogens is 383 g/mol. The van der Waals surface area contributed by atoms with Crippen LogP contribution in [-0.4, -0.2) is 29.0 Å². The van der Waals surface area contributed by atoms with Crippen LogP contribution in [0, 0.1) is 6.92 Å². The van der Waals surface area contributed by atoms with E-state index in [1.807, 2.05) is 24.3 Å². The van der Waals surface area contributed by atoms with Gasteiger partial charge in [0.05, 0.1) is 11.5 Å². The summed E-state index contributed by atoms with van der Waals surface area (Å²) in [5.74, 6) is 0.532. The Morgan fingerprint density at radius 1 is 1.24 bits per heavy atom. The van der Waals surface area contributed by atoms with Gasteiger partial charge in [0.25, 0.3) is 0 Å². The third kappa shape index (κ3) is 4.06. The van der Waals surface area contributed by atoms with Gasteiger partial charge in [0, 0.05) is 18.8 Å². The SMILES string of the molecule is Cc1ccc(NC(=O)N2CCCC(c3nc4ccccc4o3)C2)cc1C(F)(F)F.